The predicted molar refractivity (Wildman–Crippen MR) is 71.3 cm³/mol. The Balaban J connectivity index is 1.71. The van der Waals surface area contributed by atoms with Gasteiger partial charge < -0.3 is 5.32 Å². The molecule has 1 aromatic heterocycles. The van der Waals surface area contributed by atoms with Crippen molar-refractivity contribution in [3.63, 3.8) is 0 Å². The number of thiophene rings is 1. The number of hydrogen-bond acceptors (Lipinski definition) is 3. The van der Waals surface area contributed by atoms with E-state index >= 15 is 0 Å². The van der Waals surface area contributed by atoms with Crippen molar-refractivity contribution in [3.05, 3.63) is 22.4 Å². The molecule has 0 spiro atoms. The average Bonchev–Trinajstić information content (AvgIpc) is 2.94. The van der Waals surface area contributed by atoms with E-state index in [-0.39, 0.29) is 6.04 Å². The molecule has 0 bridgehead atoms. The van der Waals surface area contributed by atoms with E-state index in [0.29, 0.717) is 19.0 Å². The summed E-state index contributed by atoms with van der Waals surface area (Å²) >= 11 is 1.70. The summed E-state index contributed by atoms with van der Waals surface area (Å²) in [5.74, 6) is 0.324. The van der Waals surface area contributed by atoms with Crippen LogP contribution in [-0.4, -0.2) is 37.3 Å². The van der Waals surface area contributed by atoms with Gasteiger partial charge in [0.2, 0.25) is 0 Å². The van der Waals surface area contributed by atoms with Crippen molar-refractivity contribution >= 4 is 11.3 Å². The largest absolute Gasteiger partial charge is 0.401 e. The van der Waals surface area contributed by atoms with Gasteiger partial charge in [0.05, 0.1) is 6.54 Å². The minimum Gasteiger partial charge on any atom is -0.309 e. The maximum absolute atomic E-state index is 12.3. The van der Waals surface area contributed by atoms with Gasteiger partial charge in [0.15, 0.2) is 0 Å². The van der Waals surface area contributed by atoms with E-state index < -0.39 is 12.7 Å². The van der Waals surface area contributed by atoms with E-state index in [1.807, 2.05) is 11.4 Å². The molecule has 1 aromatic rings. The van der Waals surface area contributed by atoms with Crippen LogP contribution < -0.4 is 5.32 Å². The molecule has 108 valence electrons. The zero-order valence-corrected chi connectivity index (χ0v) is 11.7. The van der Waals surface area contributed by atoms with Crippen molar-refractivity contribution < 1.29 is 13.2 Å². The Morgan fingerprint density at radius 1 is 1.53 bits per heavy atom. The maximum Gasteiger partial charge on any atom is 0.401 e. The Labute approximate surface area is 115 Å². The standard InChI is InChI=1S/C13H19F3N2S/c1-10(12-3-2-6-19-12)17-7-11-4-5-18(8-11)9-13(14,15)16/h2-3,6,10-11,17H,4-5,7-9H2,1H3. The smallest absolute Gasteiger partial charge is 0.309 e. The molecule has 0 amide bonds. The molecule has 2 atom stereocenters. The number of nitrogens with one attached hydrogen (secondary N) is 1. The second-order valence-corrected chi connectivity index (χ2v) is 6.13. The highest BCUT2D eigenvalue weighted by molar-refractivity contribution is 7.10. The summed E-state index contributed by atoms with van der Waals surface area (Å²) in [6, 6.07) is 4.36. The molecule has 2 unspecified atom stereocenters. The molecular formula is C13H19F3N2S. The van der Waals surface area contributed by atoms with Gasteiger partial charge in [0, 0.05) is 17.5 Å². The normalized spacial score (nSPS) is 22.8. The number of nitrogens with zero attached hydrogens (tertiary/aromatic N) is 1. The highest BCUT2D eigenvalue weighted by atomic mass is 32.1. The van der Waals surface area contributed by atoms with Gasteiger partial charge in [-0.2, -0.15) is 13.2 Å². The lowest BCUT2D eigenvalue weighted by Crippen LogP contribution is -2.34. The van der Waals surface area contributed by atoms with Crippen LogP contribution in [0.2, 0.25) is 0 Å². The number of rotatable bonds is 5. The number of halogens is 3. The Bertz CT molecular complexity index is 378. The van der Waals surface area contributed by atoms with Crippen molar-refractivity contribution in [1.29, 1.82) is 0 Å². The van der Waals surface area contributed by atoms with Gasteiger partial charge in [0.25, 0.3) is 0 Å². The lowest BCUT2D eigenvalue weighted by atomic mass is 10.1. The van der Waals surface area contributed by atoms with E-state index in [1.54, 1.807) is 11.3 Å². The molecule has 1 saturated heterocycles. The molecule has 2 heterocycles. The lowest BCUT2D eigenvalue weighted by molar-refractivity contribution is -0.143. The van der Waals surface area contributed by atoms with Crippen LogP contribution >= 0.6 is 11.3 Å². The number of alkyl halides is 3. The van der Waals surface area contributed by atoms with Gasteiger partial charge in [0.1, 0.15) is 0 Å². The molecule has 0 radical (unpaired) electrons. The van der Waals surface area contributed by atoms with Crippen LogP contribution in [-0.2, 0) is 0 Å². The molecule has 1 fully saturated rings. The molecule has 0 saturated carbocycles. The Morgan fingerprint density at radius 3 is 2.95 bits per heavy atom. The third kappa shape index (κ3) is 4.78. The highest BCUT2D eigenvalue weighted by Gasteiger charge is 2.34. The van der Waals surface area contributed by atoms with Crippen molar-refractivity contribution in [1.82, 2.24) is 10.2 Å². The summed E-state index contributed by atoms with van der Waals surface area (Å²) in [4.78, 5) is 2.77. The van der Waals surface area contributed by atoms with Crippen LogP contribution in [0.3, 0.4) is 0 Å². The first-order valence-corrected chi connectivity index (χ1v) is 7.38. The number of hydrogen-bond donors (Lipinski definition) is 1. The first-order valence-electron chi connectivity index (χ1n) is 6.50. The molecule has 1 N–H and O–H groups in total. The first-order chi connectivity index (χ1) is 8.94. The third-order valence-corrected chi connectivity index (χ3v) is 4.51. The van der Waals surface area contributed by atoms with Gasteiger partial charge in [-0.1, -0.05) is 6.07 Å². The summed E-state index contributed by atoms with van der Waals surface area (Å²) in [7, 11) is 0. The second kappa shape index (κ2) is 6.24. The van der Waals surface area contributed by atoms with E-state index in [9.17, 15) is 13.2 Å². The molecule has 1 aliphatic rings. The predicted octanol–water partition coefficient (Wildman–Crippen LogP) is 3.28. The molecular weight excluding hydrogens is 273 g/mol. The maximum atomic E-state index is 12.3. The zero-order valence-electron chi connectivity index (χ0n) is 10.9. The summed E-state index contributed by atoms with van der Waals surface area (Å²) < 4.78 is 36.8. The van der Waals surface area contributed by atoms with Crippen molar-refractivity contribution in [2.45, 2.75) is 25.6 Å². The van der Waals surface area contributed by atoms with Gasteiger partial charge in [-0.05, 0) is 43.8 Å². The van der Waals surface area contributed by atoms with Gasteiger partial charge in [-0.3, -0.25) is 4.90 Å². The Morgan fingerprint density at radius 2 is 2.32 bits per heavy atom. The summed E-state index contributed by atoms with van der Waals surface area (Å²) in [6.45, 7) is 3.20. The number of likely N-dealkylation sites (tertiary alicyclic amines) is 1. The molecule has 0 aliphatic carbocycles. The van der Waals surface area contributed by atoms with Gasteiger partial charge >= 0.3 is 6.18 Å². The minimum absolute atomic E-state index is 0.275. The molecule has 1 aliphatic heterocycles. The quantitative estimate of drug-likeness (QED) is 0.896. The minimum atomic E-state index is -4.08. The van der Waals surface area contributed by atoms with Crippen molar-refractivity contribution in [3.8, 4) is 0 Å². The average molecular weight is 292 g/mol. The van der Waals surface area contributed by atoms with Crippen LogP contribution in [0.4, 0.5) is 13.2 Å². The fourth-order valence-electron chi connectivity index (χ4n) is 2.46. The van der Waals surface area contributed by atoms with Crippen LogP contribution in [0.25, 0.3) is 0 Å². The van der Waals surface area contributed by atoms with Gasteiger partial charge in [-0.15, -0.1) is 11.3 Å². The van der Waals surface area contributed by atoms with Crippen molar-refractivity contribution in [2.75, 3.05) is 26.2 Å². The zero-order chi connectivity index (χ0) is 13.9. The van der Waals surface area contributed by atoms with Crippen LogP contribution in [0.1, 0.15) is 24.3 Å². The van der Waals surface area contributed by atoms with E-state index in [1.165, 1.54) is 9.78 Å². The van der Waals surface area contributed by atoms with Crippen LogP contribution in [0.15, 0.2) is 17.5 Å². The topological polar surface area (TPSA) is 15.3 Å². The Kier molecular flexibility index (Phi) is 4.86. The monoisotopic (exact) mass is 292 g/mol. The summed E-state index contributed by atoms with van der Waals surface area (Å²) in [6.07, 6.45) is -3.23. The molecule has 0 aromatic carbocycles. The van der Waals surface area contributed by atoms with Crippen LogP contribution in [0.5, 0.6) is 0 Å². The first kappa shape index (κ1) is 14.8. The van der Waals surface area contributed by atoms with E-state index in [4.69, 9.17) is 0 Å². The fourth-order valence-corrected chi connectivity index (χ4v) is 3.22. The molecule has 6 heteroatoms. The highest BCUT2D eigenvalue weighted by Crippen LogP contribution is 2.23. The van der Waals surface area contributed by atoms with Gasteiger partial charge in [-0.25, -0.2) is 0 Å². The summed E-state index contributed by atoms with van der Waals surface area (Å²) in [5, 5.41) is 5.45. The molecule has 2 rings (SSSR count). The van der Waals surface area contributed by atoms with E-state index in [0.717, 1.165) is 13.0 Å². The molecule has 2 nitrogen and oxygen atoms in total. The molecule has 19 heavy (non-hydrogen) atoms. The van der Waals surface area contributed by atoms with E-state index in [2.05, 4.69) is 18.3 Å². The van der Waals surface area contributed by atoms with Crippen molar-refractivity contribution in [2.24, 2.45) is 5.92 Å². The SMILES string of the molecule is CC(NCC1CCN(CC(F)(F)F)C1)c1cccs1. The van der Waals surface area contributed by atoms with Crippen LogP contribution in [0, 0.1) is 5.92 Å². The second-order valence-electron chi connectivity index (χ2n) is 5.15. The lowest BCUT2D eigenvalue weighted by Gasteiger charge is -2.19. The fraction of sp³-hybridized carbons (Fsp3) is 0.692. The third-order valence-electron chi connectivity index (χ3n) is 3.46. The summed E-state index contributed by atoms with van der Waals surface area (Å²) in [5.41, 5.74) is 0. The Hall–Kier alpha value is -0.590.